The van der Waals surface area contributed by atoms with Crippen LogP contribution in [0.4, 0.5) is 4.39 Å². The predicted molar refractivity (Wildman–Crippen MR) is 129 cm³/mol. The number of aryl methyl sites for hydroxylation is 2. The molecule has 0 bridgehead atoms. The standard InChI is InChI=1S/C27H28FN3O2/c1-14(2)26-25(17-5-7-18(8-6-17)27(32)33)21-12-23-20(16(4)29-30-23)13-24(21)31(26)19-9-10-22(28)15(3)11-19/h5,9-14,18H,6-8H2,1-4H3,(H,29,30)(H,32,33). The third-order valence-electron chi connectivity index (χ3n) is 6.90. The Hall–Kier alpha value is -3.41. The molecule has 33 heavy (non-hydrogen) atoms. The van der Waals surface area contributed by atoms with Gasteiger partial charge < -0.3 is 9.67 Å². The number of carbonyl (C=O) groups is 1. The van der Waals surface area contributed by atoms with Crippen molar-refractivity contribution in [3.8, 4) is 5.69 Å². The van der Waals surface area contributed by atoms with Crippen LogP contribution in [0.1, 0.15) is 61.5 Å². The highest BCUT2D eigenvalue weighted by molar-refractivity contribution is 6.04. The molecule has 0 spiro atoms. The number of fused-ring (bicyclic) bond motifs is 2. The monoisotopic (exact) mass is 445 g/mol. The van der Waals surface area contributed by atoms with Crippen molar-refractivity contribution in [2.75, 3.05) is 0 Å². The number of aliphatic carboxylic acids is 1. The number of benzene rings is 2. The lowest BCUT2D eigenvalue weighted by atomic mass is 9.84. The maximum Gasteiger partial charge on any atom is 0.306 e. The lowest BCUT2D eigenvalue weighted by molar-refractivity contribution is -0.141. The Balaban J connectivity index is 1.86. The van der Waals surface area contributed by atoms with E-state index in [0.29, 0.717) is 18.4 Å². The summed E-state index contributed by atoms with van der Waals surface area (Å²) in [6.45, 7) is 8.14. The van der Waals surface area contributed by atoms with Gasteiger partial charge in [0.25, 0.3) is 0 Å². The molecule has 0 aliphatic heterocycles. The van der Waals surface area contributed by atoms with Gasteiger partial charge in [0.15, 0.2) is 0 Å². The van der Waals surface area contributed by atoms with Gasteiger partial charge in [0.1, 0.15) is 5.82 Å². The van der Waals surface area contributed by atoms with E-state index in [1.54, 1.807) is 6.92 Å². The van der Waals surface area contributed by atoms with E-state index in [4.69, 9.17) is 0 Å². The van der Waals surface area contributed by atoms with Crippen molar-refractivity contribution >= 4 is 33.3 Å². The number of nitrogens with zero attached hydrogens (tertiary/aromatic N) is 2. The first-order chi connectivity index (χ1) is 15.8. The number of rotatable bonds is 4. The minimum Gasteiger partial charge on any atom is -0.481 e. The molecule has 5 rings (SSSR count). The van der Waals surface area contributed by atoms with Gasteiger partial charge in [0, 0.05) is 33.4 Å². The Morgan fingerprint density at radius 1 is 1.21 bits per heavy atom. The summed E-state index contributed by atoms with van der Waals surface area (Å²) in [4.78, 5) is 11.5. The highest BCUT2D eigenvalue weighted by atomic mass is 19.1. The summed E-state index contributed by atoms with van der Waals surface area (Å²) >= 11 is 0. The Labute approximate surface area is 191 Å². The molecule has 0 radical (unpaired) electrons. The number of H-pyrrole nitrogens is 1. The van der Waals surface area contributed by atoms with Crippen LogP contribution >= 0.6 is 0 Å². The number of hydrogen-bond acceptors (Lipinski definition) is 2. The molecule has 0 fully saturated rings. The Bertz CT molecular complexity index is 1440. The lowest BCUT2D eigenvalue weighted by Crippen LogP contribution is -2.16. The molecule has 2 N–H and O–H groups in total. The number of nitrogens with one attached hydrogen (secondary N) is 1. The highest BCUT2D eigenvalue weighted by Crippen LogP contribution is 2.43. The summed E-state index contributed by atoms with van der Waals surface area (Å²) < 4.78 is 16.4. The first-order valence-corrected chi connectivity index (χ1v) is 11.5. The van der Waals surface area contributed by atoms with Gasteiger partial charge in [-0.05, 0) is 80.5 Å². The van der Waals surface area contributed by atoms with E-state index in [1.165, 1.54) is 11.6 Å². The van der Waals surface area contributed by atoms with E-state index >= 15 is 0 Å². The zero-order valence-electron chi connectivity index (χ0n) is 19.4. The van der Waals surface area contributed by atoms with Crippen molar-refractivity contribution < 1.29 is 14.3 Å². The second kappa shape index (κ2) is 7.87. The van der Waals surface area contributed by atoms with Gasteiger partial charge in [-0.15, -0.1) is 0 Å². The van der Waals surface area contributed by atoms with Crippen molar-refractivity contribution in [2.45, 2.75) is 52.9 Å². The lowest BCUT2D eigenvalue weighted by Gasteiger charge is -2.21. The van der Waals surface area contributed by atoms with Crippen LogP contribution in [0, 0.1) is 25.6 Å². The average molecular weight is 446 g/mol. The van der Waals surface area contributed by atoms with Crippen LogP contribution in [-0.2, 0) is 4.79 Å². The normalized spacial score (nSPS) is 16.7. The highest BCUT2D eigenvalue weighted by Gasteiger charge is 2.28. The number of hydrogen-bond donors (Lipinski definition) is 2. The molecule has 0 saturated carbocycles. The molecule has 5 nitrogen and oxygen atoms in total. The molecule has 4 aromatic rings. The van der Waals surface area contributed by atoms with Crippen molar-refractivity contribution in [1.82, 2.24) is 14.8 Å². The van der Waals surface area contributed by atoms with Gasteiger partial charge in [-0.3, -0.25) is 9.89 Å². The fraction of sp³-hybridized carbons (Fsp3) is 0.333. The molecule has 1 aliphatic carbocycles. The van der Waals surface area contributed by atoms with Crippen molar-refractivity contribution in [3.63, 3.8) is 0 Å². The summed E-state index contributed by atoms with van der Waals surface area (Å²) in [5.74, 6) is -1.08. The molecule has 2 aromatic carbocycles. The maximum atomic E-state index is 14.1. The van der Waals surface area contributed by atoms with Crippen LogP contribution in [0.5, 0.6) is 0 Å². The van der Waals surface area contributed by atoms with E-state index < -0.39 is 5.97 Å². The minimum absolute atomic E-state index is 0.200. The zero-order chi connectivity index (χ0) is 23.4. The number of carboxylic acid groups (broad SMARTS) is 1. The third-order valence-corrected chi connectivity index (χ3v) is 6.90. The molecule has 1 atom stereocenters. The molecule has 0 amide bonds. The van der Waals surface area contributed by atoms with Crippen LogP contribution in [0.2, 0.25) is 0 Å². The summed E-state index contributed by atoms with van der Waals surface area (Å²) in [6, 6.07) is 9.55. The molecular formula is C27H28FN3O2. The maximum absolute atomic E-state index is 14.1. The summed E-state index contributed by atoms with van der Waals surface area (Å²) in [6.07, 6.45) is 3.98. The van der Waals surface area contributed by atoms with E-state index in [0.717, 1.165) is 50.9 Å². The molecule has 1 aliphatic rings. The van der Waals surface area contributed by atoms with Gasteiger partial charge in [0.2, 0.25) is 0 Å². The number of aromatic nitrogens is 3. The fourth-order valence-electron chi connectivity index (χ4n) is 5.15. The second-order valence-corrected chi connectivity index (χ2v) is 9.46. The van der Waals surface area contributed by atoms with Crippen molar-refractivity contribution in [1.29, 1.82) is 0 Å². The average Bonchev–Trinajstić information content (AvgIpc) is 3.32. The van der Waals surface area contributed by atoms with Gasteiger partial charge in [0.05, 0.1) is 17.0 Å². The Morgan fingerprint density at radius 3 is 2.64 bits per heavy atom. The first-order valence-electron chi connectivity index (χ1n) is 11.5. The summed E-state index contributed by atoms with van der Waals surface area (Å²) in [5.41, 5.74) is 8.00. The van der Waals surface area contributed by atoms with Gasteiger partial charge in [-0.1, -0.05) is 19.9 Å². The van der Waals surface area contributed by atoms with Crippen LogP contribution in [0.25, 0.3) is 33.1 Å². The van der Waals surface area contributed by atoms with E-state index in [9.17, 15) is 14.3 Å². The van der Waals surface area contributed by atoms with Gasteiger partial charge in [-0.25, -0.2) is 4.39 Å². The van der Waals surface area contributed by atoms with Gasteiger partial charge >= 0.3 is 5.97 Å². The predicted octanol–water partition coefficient (Wildman–Crippen LogP) is 6.65. The Morgan fingerprint density at radius 2 is 2.00 bits per heavy atom. The van der Waals surface area contributed by atoms with Crippen LogP contribution in [0.3, 0.4) is 0 Å². The van der Waals surface area contributed by atoms with Crippen LogP contribution < -0.4 is 0 Å². The molecule has 2 aromatic heterocycles. The quantitative estimate of drug-likeness (QED) is 0.369. The van der Waals surface area contributed by atoms with Gasteiger partial charge in [-0.2, -0.15) is 5.10 Å². The summed E-state index contributed by atoms with van der Waals surface area (Å²) in [5, 5.41) is 19.2. The smallest absolute Gasteiger partial charge is 0.306 e. The number of allylic oxidation sites excluding steroid dienone is 2. The topological polar surface area (TPSA) is 70.9 Å². The van der Waals surface area contributed by atoms with Crippen LogP contribution in [0.15, 0.2) is 36.4 Å². The molecule has 6 heteroatoms. The molecule has 0 saturated heterocycles. The van der Waals surface area contributed by atoms with Crippen LogP contribution in [-0.4, -0.2) is 25.8 Å². The van der Waals surface area contributed by atoms with Crippen molar-refractivity contribution in [3.05, 3.63) is 64.7 Å². The van der Waals surface area contributed by atoms with E-state index in [1.807, 2.05) is 19.1 Å². The van der Waals surface area contributed by atoms with E-state index in [2.05, 4.69) is 46.8 Å². The van der Waals surface area contributed by atoms with Crippen molar-refractivity contribution in [2.24, 2.45) is 5.92 Å². The zero-order valence-corrected chi connectivity index (χ0v) is 19.4. The number of carboxylic acids is 1. The minimum atomic E-state index is -0.729. The molecule has 2 heterocycles. The number of halogens is 1. The largest absolute Gasteiger partial charge is 0.481 e. The first kappa shape index (κ1) is 21.4. The summed E-state index contributed by atoms with van der Waals surface area (Å²) in [7, 11) is 0. The Kier molecular flexibility index (Phi) is 5.11. The molecule has 1 unspecified atom stereocenters. The second-order valence-electron chi connectivity index (χ2n) is 9.46. The molecular weight excluding hydrogens is 417 g/mol. The fourth-order valence-corrected chi connectivity index (χ4v) is 5.15. The SMILES string of the molecule is Cc1cc(-n2c(C(C)C)c(C3=CCC(C(=O)O)CC3)c3cc4n[nH]c(C)c4cc32)ccc1F. The molecule has 170 valence electrons. The van der Waals surface area contributed by atoms with E-state index in [-0.39, 0.29) is 17.7 Å². The third kappa shape index (κ3) is 3.45. The number of aromatic amines is 1.